The van der Waals surface area contributed by atoms with Crippen molar-refractivity contribution in [2.75, 3.05) is 13.7 Å². The van der Waals surface area contributed by atoms with Crippen molar-refractivity contribution in [1.82, 2.24) is 5.32 Å². The number of amides is 1. The first-order chi connectivity index (χ1) is 13.1. The molecule has 1 saturated heterocycles. The molecule has 2 aromatic carbocycles. The minimum absolute atomic E-state index is 0.0632. The second-order valence-electron chi connectivity index (χ2n) is 5.58. The zero-order chi connectivity index (χ0) is 19.2. The number of phenols is 1. The number of nitrogens with one attached hydrogen (secondary N) is 2. The predicted molar refractivity (Wildman–Crippen MR) is 100 cm³/mol. The monoisotopic (exact) mass is 363 g/mol. The zero-order valence-corrected chi connectivity index (χ0v) is 14.5. The quantitative estimate of drug-likeness (QED) is 0.571. The summed E-state index contributed by atoms with van der Waals surface area (Å²) in [5.74, 6) is 5.42. The van der Waals surface area contributed by atoms with Crippen LogP contribution in [0, 0.1) is 17.3 Å². The number of aliphatic imine (C=N–C) groups is 1. The summed E-state index contributed by atoms with van der Waals surface area (Å²) in [4.78, 5) is 16.1. The van der Waals surface area contributed by atoms with E-state index in [0.29, 0.717) is 11.1 Å². The predicted octanol–water partition coefficient (Wildman–Crippen LogP) is 1.99. The summed E-state index contributed by atoms with van der Waals surface area (Å²) in [5.41, 5.74) is 1.62. The first kappa shape index (κ1) is 18.0. The molecule has 27 heavy (non-hydrogen) atoms. The lowest BCUT2D eigenvalue weighted by Crippen LogP contribution is -2.22. The molecule has 7 nitrogen and oxygen atoms in total. The van der Waals surface area contributed by atoms with Crippen molar-refractivity contribution in [3.8, 4) is 23.3 Å². The van der Waals surface area contributed by atoms with Gasteiger partial charge in [0.05, 0.1) is 12.7 Å². The fourth-order valence-corrected chi connectivity index (χ4v) is 2.50. The Bertz CT molecular complexity index is 958. The molecule has 1 fully saturated rings. The number of benzene rings is 2. The molecule has 2 aromatic rings. The van der Waals surface area contributed by atoms with E-state index >= 15 is 0 Å². The van der Waals surface area contributed by atoms with Crippen LogP contribution in [-0.2, 0) is 9.53 Å². The lowest BCUT2D eigenvalue weighted by Gasteiger charge is -2.06. The second-order valence-corrected chi connectivity index (χ2v) is 5.58. The van der Waals surface area contributed by atoms with Crippen LogP contribution in [0.3, 0.4) is 0 Å². The van der Waals surface area contributed by atoms with Gasteiger partial charge in [0.2, 0.25) is 6.10 Å². The van der Waals surface area contributed by atoms with Crippen LogP contribution in [0.2, 0.25) is 0 Å². The third-order valence-corrected chi connectivity index (χ3v) is 3.81. The molecule has 3 rings (SSSR count). The van der Waals surface area contributed by atoms with Gasteiger partial charge in [-0.1, -0.05) is 42.2 Å². The molecule has 1 aliphatic heterocycles. The molecule has 0 bridgehead atoms. The van der Waals surface area contributed by atoms with Crippen LogP contribution in [0.25, 0.3) is 0 Å². The van der Waals surface area contributed by atoms with E-state index in [2.05, 4.69) is 22.2 Å². The van der Waals surface area contributed by atoms with E-state index in [9.17, 15) is 9.90 Å². The van der Waals surface area contributed by atoms with Gasteiger partial charge in [-0.05, 0) is 17.7 Å². The summed E-state index contributed by atoms with van der Waals surface area (Å²) in [6, 6.07) is 12.4. The van der Waals surface area contributed by atoms with Crippen LogP contribution in [0.15, 0.2) is 47.5 Å². The smallest absolute Gasteiger partial charge is 0.293 e. The fraction of sp³-hybridized carbons (Fsp3) is 0.150. The van der Waals surface area contributed by atoms with Gasteiger partial charge < -0.3 is 20.0 Å². The number of phenolic OH excluding ortho intramolecular Hbond substituents is 1. The molecule has 0 aromatic heterocycles. The van der Waals surface area contributed by atoms with Crippen molar-refractivity contribution < 1.29 is 19.4 Å². The Morgan fingerprint density at radius 1 is 1.37 bits per heavy atom. The number of aromatic hydroxyl groups is 1. The fourth-order valence-electron chi connectivity index (χ4n) is 2.50. The maximum absolute atomic E-state index is 12.0. The molecular formula is C20H17N3O4. The normalized spacial score (nSPS) is 16.9. The summed E-state index contributed by atoms with van der Waals surface area (Å²) in [6.07, 6.45) is 0.411. The van der Waals surface area contributed by atoms with Gasteiger partial charge in [0.25, 0.3) is 11.9 Å². The number of methoxy groups -OCH3 is 1. The van der Waals surface area contributed by atoms with Gasteiger partial charge in [-0.15, -0.1) is 0 Å². The van der Waals surface area contributed by atoms with Crippen LogP contribution in [0.4, 0.5) is 0 Å². The highest BCUT2D eigenvalue weighted by Gasteiger charge is 2.31. The van der Waals surface area contributed by atoms with Crippen LogP contribution in [0.5, 0.6) is 11.5 Å². The molecule has 3 N–H and O–H groups in total. The summed E-state index contributed by atoms with van der Waals surface area (Å²) in [5, 5.41) is 20.0. The third-order valence-electron chi connectivity index (χ3n) is 3.81. The number of ether oxygens (including phenoxy) is 2. The summed E-state index contributed by atoms with van der Waals surface area (Å²) < 4.78 is 10.6. The summed E-state index contributed by atoms with van der Waals surface area (Å²) >= 11 is 0. The number of carbonyl (C=O) groups excluding carboxylic acids is 1. The minimum Gasteiger partial charge on any atom is -0.503 e. The Hall–Kier alpha value is -3.79. The summed E-state index contributed by atoms with van der Waals surface area (Å²) in [6.45, 7) is 0.0632. The van der Waals surface area contributed by atoms with Gasteiger partial charge in [-0.3, -0.25) is 10.1 Å². The second kappa shape index (κ2) is 8.06. The number of hydrogen-bond donors (Lipinski definition) is 3. The molecule has 1 amide bonds. The van der Waals surface area contributed by atoms with Crippen LogP contribution in [0.1, 0.15) is 22.8 Å². The molecule has 1 unspecified atom stereocenters. The third kappa shape index (κ3) is 4.07. The van der Waals surface area contributed by atoms with Gasteiger partial charge in [0.1, 0.15) is 6.54 Å². The lowest BCUT2D eigenvalue weighted by molar-refractivity contribution is -0.123. The number of amidine groups is 1. The highest BCUT2D eigenvalue weighted by Crippen LogP contribution is 2.30. The molecular weight excluding hydrogens is 346 g/mol. The largest absolute Gasteiger partial charge is 0.503 e. The van der Waals surface area contributed by atoms with E-state index in [0.717, 1.165) is 11.8 Å². The van der Waals surface area contributed by atoms with Gasteiger partial charge >= 0.3 is 0 Å². The lowest BCUT2D eigenvalue weighted by atomic mass is 10.1. The Morgan fingerprint density at radius 3 is 2.85 bits per heavy atom. The van der Waals surface area contributed by atoms with E-state index in [1.165, 1.54) is 7.11 Å². The Kier molecular flexibility index (Phi) is 5.38. The van der Waals surface area contributed by atoms with Crippen LogP contribution in [-0.4, -0.2) is 36.9 Å². The number of nitrogens with zero attached hydrogens (tertiary/aromatic N) is 1. The van der Waals surface area contributed by atoms with E-state index < -0.39 is 6.10 Å². The van der Waals surface area contributed by atoms with Crippen molar-refractivity contribution in [2.45, 2.75) is 6.10 Å². The average molecular weight is 363 g/mol. The van der Waals surface area contributed by atoms with Gasteiger partial charge in [-0.2, -0.15) is 0 Å². The molecule has 0 aliphatic carbocycles. The molecule has 7 heteroatoms. The topological polar surface area (TPSA) is 104 Å². The van der Waals surface area contributed by atoms with E-state index in [1.54, 1.807) is 24.3 Å². The van der Waals surface area contributed by atoms with Crippen LogP contribution < -0.4 is 10.1 Å². The van der Waals surface area contributed by atoms with Gasteiger partial charge in [-0.25, -0.2) is 4.99 Å². The number of carbonyl (C=O) groups is 1. The van der Waals surface area contributed by atoms with Crippen molar-refractivity contribution in [3.05, 3.63) is 59.2 Å². The summed E-state index contributed by atoms with van der Waals surface area (Å²) in [7, 11) is 1.43. The number of hydrogen-bond acceptors (Lipinski definition) is 6. The maximum atomic E-state index is 12.0. The minimum atomic E-state index is -0.726. The van der Waals surface area contributed by atoms with Gasteiger partial charge in [0, 0.05) is 11.8 Å². The van der Waals surface area contributed by atoms with Crippen molar-refractivity contribution in [1.29, 1.82) is 5.41 Å². The molecule has 1 atom stereocenters. The number of rotatable bonds is 4. The standard InChI is InChI=1S/C20H17N3O4/c1-26-16-11-13(12-21)10-15(17(16)24)8-5-9-22-20-23-19(25)18(27-20)14-6-3-2-4-7-14/h2-4,6-7,10-12,18,21,24H,9H2,1H3,(H,22,23,25). The molecule has 0 saturated carbocycles. The molecule has 1 heterocycles. The molecule has 0 spiro atoms. The van der Waals surface area contributed by atoms with E-state index in [-0.39, 0.29) is 30.0 Å². The van der Waals surface area contributed by atoms with Crippen molar-refractivity contribution >= 4 is 18.1 Å². The maximum Gasteiger partial charge on any atom is 0.293 e. The highest BCUT2D eigenvalue weighted by molar-refractivity contribution is 6.02. The first-order valence-electron chi connectivity index (χ1n) is 8.09. The van der Waals surface area contributed by atoms with E-state index in [1.807, 2.05) is 18.2 Å². The molecule has 136 valence electrons. The first-order valence-corrected chi connectivity index (χ1v) is 8.09. The molecule has 1 aliphatic rings. The Balaban J connectivity index is 1.71. The van der Waals surface area contributed by atoms with Crippen molar-refractivity contribution in [3.63, 3.8) is 0 Å². The Morgan fingerprint density at radius 2 is 2.15 bits per heavy atom. The SMILES string of the molecule is COc1cc(C=N)cc(C#CCN=C2NC(=O)C(c3ccccc3)O2)c1O. The zero-order valence-electron chi connectivity index (χ0n) is 14.5. The molecule has 0 radical (unpaired) electrons. The average Bonchev–Trinajstić information content (AvgIpc) is 3.07. The Labute approximate surface area is 156 Å². The van der Waals surface area contributed by atoms with Gasteiger partial charge in [0.15, 0.2) is 11.5 Å². The highest BCUT2D eigenvalue weighted by atomic mass is 16.5. The van der Waals surface area contributed by atoms with E-state index in [4.69, 9.17) is 14.9 Å². The van der Waals surface area contributed by atoms with Crippen molar-refractivity contribution in [2.24, 2.45) is 4.99 Å². The van der Waals surface area contributed by atoms with Crippen LogP contribution >= 0.6 is 0 Å².